The van der Waals surface area contributed by atoms with Crippen LogP contribution in [0.4, 0.5) is 5.69 Å². The highest BCUT2D eigenvalue weighted by molar-refractivity contribution is 5.56. The van der Waals surface area contributed by atoms with Gasteiger partial charge >= 0.3 is 0 Å². The Morgan fingerprint density at radius 3 is 2.76 bits per heavy atom. The Hall–Kier alpha value is -2.28. The Morgan fingerprint density at radius 2 is 2.14 bits per heavy atom. The standard InChI is InChI=1S/C14H19N5O2/c1-4-5-11(15)12-8-18(17-16-12)14-9(2)6-7-13(10(14)3)19(20)21/h6-8,11H,4-5,15H2,1-3H3. The molecule has 0 aliphatic carbocycles. The van der Waals surface area contributed by atoms with Crippen LogP contribution in [0.2, 0.25) is 0 Å². The number of hydrogen-bond acceptors (Lipinski definition) is 5. The molecule has 7 heteroatoms. The molecule has 1 aromatic heterocycles. The third-order valence-electron chi connectivity index (χ3n) is 3.52. The zero-order valence-electron chi connectivity index (χ0n) is 12.4. The molecule has 21 heavy (non-hydrogen) atoms. The summed E-state index contributed by atoms with van der Waals surface area (Å²) in [7, 11) is 0. The van der Waals surface area contributed by atoms with E-state index in [1.807, 2.05) is 6.92 Å². The molecule has 0 amide bonds. The third kappa shape index (κ3) is 2.92. The number of nitro groups is 1. The van der Waals surface area contributed by atoms with Crippen LogP contribution in [-0.4, -0.2) is 19.9 Å². The second-order valence-corrected chi connectivity index (χ2v) is 5.12. The van der Waals surface area contributed by atoms with Crippen molar-refractivity contribution < 1.29 is 4.92 Å². The second-order valence-electron chi connectivity index (χ2n) is 5.12. The van der Waals surface area contributed by atoms with Gasteiger partial charge in [0, 0.05) is 6.07 Å². The van der Waals surface area contributed by atoms with Gasteiger partial charge in [-0.25, -0.2) is 4.68 Å². The summed E-state index contributed by atoms with van der Waals surface area (Å²) in [6.45, 7) is 5.66. The molecule has 112 valence electrons. The van der Waals surface area contributed by atoms with E-state index >= 15 is 0 Å². The highest BCUT2D eigenvalue weighted by atomic mass is 16.6. The van der Waals surface area contributed by atoms with Crippen molar-refractivity contribution in [2.45, 2.75) is 39.7 Å². The Balaban J connectivity index is 2.47. The van der Waals surface area contributed by atoms with Crippen molar-refractivity contribution in [3.8, 4) is 5.69 Å². The molecule has 0 aliphatic rings. The zero-order chi connectivity index (χ0) is 15.6. The molecule has 0 aliphatic heterocycles. The molecule has 1 heterocycles. The first-order valence-electron chi connectivity index (χ1n) is 6.88. The van der Waals surface area contributed by atoms with Crippen LogP contribution in [0.15, 0.2) is 18.3 Å². The van der Waals surface area contributed by atoms with Crippen LogP contribution in [0.3, 0.4) is 0 Å². The van der Waals surface area contributed by atoms with Gasteiger partial charge in [0.05, 0.1) is 34.1 Å². The van der Waals surface area contributed by atoms with Crippen LogP contribution >= 0.6 is 0 Å². The molecule has 0 saturated carbocycles. The zero-order valence-corrected chi connectivity index (χ0v) is 12.4. The maximum atomic E-state index is 11.1. The number of aromatic nitrogens is 3. The predicted octanol–water partition coefficient (Wildman–Crippen LogP) is 2.59. The number of hydrogen-bond donors (Lipinski definition) is 1. The van der Waals surface area contributed by atoms with Gasteiger partial charge in [-0.2, -0.15) is 0 Å². The van der Waals surface area contributed by atoms with E-state index in [0.717, 1.165) is 18.4 Å². The van der Waals surface area contributed by atoms with Crippen LogP contribution in [0.1, 0.15) is 42.6 Å². The van der Waals surface area contributed by atoms with E-state index in [2.05, 4.69) is 17.2 Å². The molecule has 2 aromatic rings. The minimum absolute atomic E-state index is 0.0745. The lowest BCUT2D eigenvalue weighted by molar-refractivity contribution is -0.385. The molecule has 0 saturated heterocycles. The molecule has 7 nitrogen and oxygen atoms in total. The topological polar surface area (TPSA) is 99.9 Å². The Morgan fingerprint density at radius 1 is 1.43 bits per heavy atom. The van der Waals surface area contributed by atoms with E-state index in [-0.39, 0.29) is 16.7 Å². The number of benzene rings is 1. The van der Waals surface area contributed by atoms with Gasteiger partial charge < -0.3 is 5.73 Å². The summed E-state index contributed by atoms with van der Waals surface area (Å²) in [4.78, 5) is 10.7. The van der Waals surface area contributed by atoms with E-state index in [4.69, 9.17) is 5.73 Å². The molecule has 1 unspecified atom stereocenters. The van der Waals surface area contributed by atoms with E-state index in [1.54, 1.807) is 23.9 Å². The fourth-order valence-corrected chi connectivity index (χ4v) is 2.39. The quantitative estimate of drug-likeness (QED) is 0.673. The number of nitrogens with two attached hydrogens (primary N) is 1. The van der Waals surface area contributed by atoms with Gasteiger partial charge in [0.1, 0.15) is 0 Å². The molecule has 0 radical (unpaired) electrons. The maximum Gasteiger partial charge on any atom is 0.274 e. The van der Waals surface area contributed by atoms with Crippen molar-refractivity contribution in [2.24, 2.45) is 5.73 Å². The van der Waals surface area contributed by atoms with Crippen molar-refractivity contribution in [3.63, 3.8) is 0 Å². The lowest BCUT2D eigenvalue weighted by Gasteiger charge is -2.09. The number of aryl methyl sites for hydroxylation is 1. The molecule has 0 spiro atoms. The lowest BCUT2D eigenvalue weighted by atomic mass is 10.1. The first kappa shape index (κ1) is 15.1. The fraction of sp³-hybridized carbons (Fsp3) is 0.429. The fourth-order valence-electron chi connectivity index (χ4n) is 2.39. The first-order valence-corrected chi connectivity index (χ1v) is 6.88. The van der Waals surface area contributed by atoms with E-state index < -0.39 is 0 Å². The first-order chi connectivity index (χ1) is 9.95. The summed E-state index contributed by atoms with van der Waals surface area (Å²) < 4.78 is 1.57. The Kier molecular flexibility index (Phi) is 4.32. The average Bonchev–Trinajstić information content (AvgIpc) is 2.88. The molecule has 1 aromatic carbocycles. The highest BCUT2D eigenvalue weighted by Gasteiger charge is 2.19. The highest BCUT2D eigenvalue weighted by Crippen LogP contribution is 2.27. The monoisotopic (exact) mass is 289 g/mol. The van der Waals surface area contributed by atoms with Crippen LogP contribution in [0.25, 0.3) is 5.69 Å². The van der Waals surface area contributed by atoms with Crippen LogP contribution < -0.4 is 5.73 Å². The smallest absolute Gasteiger partial charge is 0.274 e. The molecule has 0 fully saturated rings. The van der Waals surface area contributed by atoms with E-state index in [9.17, 15) is 10.1 Å². The SMILES string of the molecule is CCCC(N)c1cn(-c2c(C)ccc([N+](=O)[O-])c2C)nn1. The van der Waals surface area contributed by atoms with Crippen molar-refractivity contribution in [1.29, 1.82) is 0 Å². The van der Waals surface area contributed by atoms with Gasteiger partial charge in [0.15, 0.2) is 0 Å². The largest absolute Gasteiger partial charge is 0.323 e. The van der Waals surface area contributed by atoms with Crippen LogP contribution in [0, 0.1) is 24.0 Å². The summed E-state index contributed by atoms with van der Waals surface area (Å²) in [5, 5.41) is 19.2. The molecule has 2 rings (SSSR count). The van der Waals surface area contributed by atoms with E-state index in [0.29, 0.717) is 16.9 Å². The minimum Gasteiger partial charge on any atom is -0.323 e. The molecule has 0 bridgehead atoms. The summed E-state index contributed by atoms with van der Waals surface area (Å²) in [5.41, 5.74) is 8.96. The van der Waals surface area contributed by atoms with Gasteiger partial charge in [0.25, 0.3) is 5.69 Å². The third-order valence-corrected chi connectivity index (χ3v) is 3.52. The van der Waals surface area contributed by atoms with Crippen molar-refractivity contribution >= 4 is 5.69 Å². The van der Waals surface area contributed by atoms with Crippen LogP contribution in [0.5, 0.6) is 0 Å². The normalized spacial score (nSPS) is 12.4. The molecule has 1 atom stereocenters. The summed E-state index contributed by atoms with van der Waals surface area (Å²) in [6, 6.07) is 3.06. The molecular weight excluding hydrogens is 270 g/mol. The van der Waals surface area contributed by atoms with Crippen molar-refractivity contribution in [1.82, 2.24) is 15.0 Å². The maximum absolute atomic E-state index is 11.1. The number of nitrogens with zero attached hydrogens (tertiary/aromatic N) is 4. The summed E-state index contributed by atoms with van der Waals surface area (Å²) >= 11 is 0. The van der Waals surface area contributed by atoms with Gasteiger partial charge in [-0.15, -0.1) is 5.10 Å². The number of nitro benzene ring substituents is 1. The summed E-state index contributed by atoms with van der Waals surface area (Å²) in [5.74, 6) is 0. The van der Waals surface area contributed by atoms with Gasteiger partial charge in [-0.3, -0.25) is 10.1 Å². The Bertz CT molecular complexity index is 665. The number of rotatable bonds is 5. The van der Waals surface area contributed by atoms with Crippen molar-refractivity contribution in [3.05, 3.63) is 45.3 Å². The predicted molar refractivity (Wildman–Crippen MR) is 79.3 cm³/mol. The van der Waals surface area contributed by atoms with Crippen LogP contribution in [-0.2, 0) is 0 Å². The molecule has 2 N–H and O–H groups in total. The van der Waals surface area contributed by atoms with Crippen molar-refractivity contribution in [2.75, 3.05) is 0 Å². The average molecular weight is 289 g/mol. The van der Waals surface area contributed by atoms with Gasteiger partial charge in [-0.1, -0.05) is 24.6 Å². The lowest BCUT2D eigenvalue weighted by Crippen LogP contribution is -2.10. The minimum atomic E-state index is -0.390. The summed E-state index contributed by atoms with van der Waals surface area (Å²) in [6.07, 6.45) is 3.54. The Labute approximate surface area is 122 Å². The van der Waals surface area contributed by atoms with E-state index in [1.165, 1.54) is 6.07 Å². The van der Waals surface area contributed by atoms with Gasteiger partial charge in [0.2, 0.25) is 0 Å². The molecular formula is C14H19N5O2. The second kappa shape index (κ2) is 6.01. The van der Waals surface area contributed by atoms with Gasteiger partial charge in [-0.05, 0) is 25.8 Å².